The highest BCUT2D eigenvalue weighted by Crippen LogP contribution is 2.18. The molecule has 2 aliphatic heterocycles. The van der Waals surface area contributed by atoms with Gasteiger partial charge in [0.2, 0.25) is 5.91 Å². The lowest BCUT2D eigenvalue weighted by molar-refractivity contribution is -0.130. The van der Waals surface area contributed by atoms with Crippen molar-refractivity contribution in [2.24, 2.45) is 0 Å². The number of benzene rings is 1. The Morgan fingerprint density at radius 3 is 2.61 bits per heavy atom. The second kappa shape index (κ2) is 7.79. The molecule has 0 unspecified atom stereocenters. The molecule has 5 nitrogen and oxygen atoms in total. The first-order valence-electron chi connectivity index (χ1n) is 8.61. The van der Waals surface area contributed by atoms with Gasteiger partial charge in [-0.3, -0.25) is 4.79 Å². The fourth-order valence-electron chi connectivity index (χ4n) is 3.23. The maximum absolute atomic E-state index is 12.4. The van der Waals surface area contributed by atoms with E-state index in [1.807, 2.05) is 35.2 Å². The van der Waals surface area contributed by atoms with E-state index in [4.69, 9.17) is 4.74 Å². The Bertz CT molecular complexity index is 500. The lowest BCUT2D eigenvalue weighted by Gasteiger charge is -2.32. The molecule has 5 heteroatoms. The van der Waals surface area contributed by atoms with Crippen LogP contribution in [0, 0.1) is 0 Å². The standard InChI is InChI=1S/C18H27N3O2/c1-19-11-13-20(14-12-19)9-8-18(22)21-10-7-17(15-21)23-16-5-3-2-4-6-16/h2-6,17H,7-15H2,1H3/t17-/m1/s1. The molecule has 0 spiro atoms. The summed E-state index contributed by atoms with van der Waals surface area (Å²) in [6.45, 7) is 6.77. The quantitative estimate of drug-likeness (QED) is 0.820. The number of hydrogen-bond acceptors (Lipinski definition) is 4. The van der Waals surface area contributed by atoms with Gasteiger partial charge in [-0.2, -0.15) is 0 Å². The van der Waals surface area contributed by atoms with Gasteiger partial charge in [-0.25, -0.2) is 0 Å². The van der Waals surface area contributed by atoms with E-state index in [0.717, 1.165) is 58.0 Å². The minimum Gasteiger partial charge on any atom is -0.489 e. The molecule has 23 heavy (non-hydrogen) atoms. The summed E-state index contributed by atoms with van der Waals surface area (Å²) in [5.41, 5.74) is 0. The fraction of sp³-hybridized carbons (Fsp3) is 0.611. The number of hydrogen-bond donors (Lipinski definition) is 0. The molecule has 1 aromatic rings. The van der Waals surface area contributed by atoms with Gasteiger partial charge in [0.15, 0.2) is 0 Å². The number of carbonyl (C=O) groups excluding carboxylic acids is 1. The number of carbonyl (C=O) groups is 1. The third-order valence-electron chi connectivity index (χ3n) is 4.78. The highest BCUT2D eigenvalue weighted by atomic mass is 16.5. The molecule has 2 aliphatic rings. The highest BCUT2D eigenvalue weighted by Gasteiger charge is 2.27. The average Bonchev–Trinajstić information content (AvgIpc) is 3.03. The Hall–Kier alpha value is -1.59. The van der Waals surface area contributed by atoms with Crippen LogP contribution in [0.4, 0.5) is 0 Å². The highest BCUT2D eigenvalue weighted by molar-refractivity contribution is 5.76. The summed E-state index contributed by atoms with van der Waals surface area (Å²) >= 11 is 0. The van der Waals surface area contributed by atoms with E-state index in [2.05, 4.69) is 16.8 Å². The fourth-order valence-corrected chi connectivity index (χ4v) is 3.23. The number of likely N-dealkylation sites (tertiary alicyclic amines) is 1. The molecule has 2 heterocycles. The molecular weight excluding hydrogens is 290 g/mol. The van der Waals surface area contributed by atoms with E-state index in [9.17, 15) is 4.79 Å². The molecule has 0 bridgehead atoms. The van der Waals surface area contributed by atoms with Crippen LogP contribution in [0.3, 0.4) is 0 Å². The van der Waals surface area contributed by atoms with Gasteiger partial charge in [0.1, 0.15) is 11.9 Å². The second-order valence-corrected chi connectivity index (χ2v) is 6.58. The minimum absolute atomic E-state index is 0.130. The molecule has 2 saturated heterocycles. The maximum atomic E-state index is 12.4. The van der Waals surface area contributed by atoms with Gasteiger partial charge in [0, 0.05) is 52.1 Å². The first-order chi connectivity index (χ1) is 11.2. The Morgan fingerprint density at radius 2 is 1.87 bits per heavy atom. The van der Waals surface area contributed by atoms with Crippen molar-refractivity contribution in [3.8, 4) is 5.75 Å². The summed E-state index contributed by atoms with van der Waals surface area (Å²) in [5.74, 6) is 1.16. The molecule has 3 rings (SSSR count). The van der Waals surface area contributed by atoms with E-state index in [0.29, 0.717) is 6.42 Å². The molecular formula is C18H27N3O2. The molecule has 0 saturated carbocycles. The van der Waals surface area contributed by atoms with Gasteiger partial charge >= 0.3 is 0 Å². The first-order valence-corrected chi connectivity index (χ1v) is 8.61. The van der Waals surface area contributed by atoms with Crippen molar-refractivity contribution in [2.45, 2.75) is 18.9 Å². The van der Waals surface area contributed by atoms with Crippen LogP contribution in [0.25, 0.3) is 0 Å². The average molecular weight is 317 g/mol. The van der Waals surface area contributed by atoms with E-state index in [1.165, 1.54) is 0 Å². The zero-order valence-electron chi connectivity index (χ0n) is 14.0. The smallest absolute Gasteiger partial charge is 0.223 e. The third kappa shape index (κ3) is 4.69. The zero-order valence-corrected chi connectivity index (χ0v) is 14.0. The normalized spacial score (nSPS) is 23.2. The monoisotopic (exact) mass is 317 g/mol. The van der Waals surface area contributed by atoms with Crippen LogP contribution >= 0.6 is 0 Å². The van der Waals surface area contributed by atoms with Crippen LogP contribution in [-0.4, -0.2) is 79.6 Å². The van der Waals surface area contributed by atoms with Crippen molar-refractivity contribution in [3.05, 3.63) is 30.3 Å². The summed E-state index contributed by atoms with van der Waals surface area (Å²) in [6, 6.07) is 9.87. The number of nitrogens with zero attached hydrogens (tertiary/aromatic N) is 3. The van der Waals surface area contributed by atoms with Crippen LogP contribution in [-0.2, 0) is 4.79 Å². The van der Waals surface area contributed by atoms with Gasteiger partial charge < -0.3 is 19.4 Å². The molecule has 0 radical (unpaired) electrons. The molecule has 0 aromatic heterocycles. The van der Waals surface area contributed by atoms with Crippen molar-refractivity contribution >= 4 is 5.91 Å². The Morgan fingerprint density at radius 1 is 1.13 bits per heavy atom. The molecule has 0 N–H and O–H groups in total. The van der Waals surface area contributed by atoms with Gasteiger partial charge in [-0.1, -0.05) is 18.2 Å². The second-order valence-electron chi connectivity index (χ2n) is 6.58. The molecule has 0 aliphatic carbocycles. The largest absolute Gasteiger partial charge is 0.489 e. The number of rotatable bonds is 5. The van der Waals surface area contributed by atoms with Gasteiger partial charge in [0.25, 0.3) is 0 Å². The Balaban J connectivity index is 1.39. The van der Waals surface area contributed by atoms with Crippen LogP contribution in [0.5, 0.6) is 5.75 Å². The van der Waals surface area contributed by atoms with Crippen molar-refractivity contribution in [1.82, 2.24) is 14.7 Å². The summed E-state index contributed by atoms with van der Waals surface area (Å²) < 4.78 is 5.95. The Labute approximate surface area is 138 Å². The summed E-state index contributed by atoms with van der Waals surface area (Å²) in [6.07, 6.45) is 1.68. The van der Waals surface area contributed by atoms with Crippen molar-refractivity contribution in [3.63, 3.8) is 0 Å². The lowest BCUT2D eigenvalue weighted by atomic mass is 10.3. The third-order valence-corrected chi connectivity index (χ3v) is 4.78. The van der Waals surface area contributed by atoms with Gasteiger partial charge in [-0.05, 0) is 19.2 Å². The lowest BCUT2D eigenvalue weighted by Crippen LogP contribution is -2.45. The predicted molar refractivity (Wildman–Crippen MR) is 90.6 cm³/mol. The van der Waals surface area contributed by atoms with E-state index in [-0.39, 0.29) is 12.0 Å². The predicted octanol–water partition coefficient (Wildman–Crippen LogP) is 1.30. The minimum atomic E-state index is 0.130. The van der Waals surface area contributed by atoms with Crippen LogP contribution < -0.4 is 4.74 Å². The summed E-state index contributed by atoms with van der Waals surface area (Å²) in [5, 5.41) is 0. The molecule has 126 valence electrons. The Kier molecular flexibility index (Phi) is 5.51. The van der Waals surface area contributed by atoms with Crippen molar-refractivity contribution in [1.29, 1.82) is 0 Å². The van der Waals surface area contributed by atoms with E-state index < -0.39 is 0 Å². The van der Waals surface area contributed by atoms with Crippen molar-refractivity contribution in [2.75, 3.05) is 52.9 Å². The summed E-state index contributed by atoms with van der Waals surface area (Å²) in [7, 11) is 2.15. The van der Waals surface area contributed by atoms with Crippen LogP contribution in [0.1, 0.15) is 12.8 Å². The summed E-state index contributed by atoms with van der Waals surface area (Å²) in [4.78, 5) is 19.1. The van der Waals surface area contributed by atoms with E-state index in [1.54, 1.807) is 0 Å². The SMILES string of the molecule is CN1CCN(CCC(=O)N2CC[C@@H](Oc3ccccc3)C2)CC1. The van der Waals surface area contributed by atoms with E-state index >= 15 is 0 Å². The number of para-hydroxylation sites is 1. The van der Waals surface area contributed by atoms with Crippen molar-refractivity contribution < 1.29 is 9.53 Å². The molecule has 1 aromatic carbocycles. The maximum Gasteiger partial charge on any atom is 0.223 e. The topological polar surface area (TPSA) is 36.0 Å². The van der Waals surface area contributed by atoms with Crippen LogP contribution in [0.15, 0.2) is 30.3 Å². The van der Waals surface area contributed by atoms with Gasteiger partial charge in [-0.15, -0.1) is 0 Å². The molecule has 2 fully saturated rings. The van der Waals surface area contributed by atoms with Gasteiger partial charge in [0.05, 0.1) is 6.54 Å². The number of amides is 1. The molecule has 1 amide bonds. The molecule has 1 atom stereocenters. The zero-order chi connectivity index (χ0) is 16.1. The number of piperazine rings is 1. The number of ether oxygens (including phenoxy) is 1. The van der Waals surface area contributed by atoms with Crippen LogP contribution in [0.2, 0.25) is 0 Å². The number of likely N-dealkylation sites (N-methyl/N-ethyl adjacent to an activating group) is 1. The first kappa shape index (κ1) is 16.3.